The summed E-state index contributed by atoms with van der Waals surface area (Å²) in [5.74, 6) is -0.594. The molecule has 1 heterocycles. The van der Waals surface area contributed by atoms with Crippen molar-refractivity contribution in [2.75, 3.05) is 5.32 Å². The van der Waals surface area contributed by atoms with Gasteiger partial charge >= 0.3 is 6.18 Å². The highest BCUT2D eigenvalue weighted by Gasteiger charge is 2.38. The fourth-order valence-corrected chi connectivity index (χ4v) is 2.72. The standard InChI is InChI=1S/C13H19F3N4O.ClH/c1-12(17)5-3-2-4-10(12)11(21)19-9-6-18-20(7-9)8-13(14,15)16;/h6-7,10H,2-5,8,17H2,1H3,(H,19,21);1H. The van der Waals surface area contributed by atoms with E-state index in [-0.39, 0.29) is 29.9 Å². The van der Waals surface area contributed by atoms with Crippen LogP contribution in [0.4, 0.5) is 18.9 Å². The van der Waals surface area contributed by atoms with Gasteiger partial charge < -0.3 is 11.1 Å². The molecule has 9 heteroatoms. The lowest BCUT2D eigenvalue weighted by molar-refractivity contribution is -0.142. The molecule has 22 heavy (non-hydrogen) atoms. The van der Waals surface area contributed by atoms with E-state index >= 15 is 0 Å². The highest BCUT2D eigenvalue weighted by atomic mass is 35.5. The van der Waals surface area contributed by atoms with Crippen LogP contribution in [-0.2, 0) is 11.3 Å². The number of hydrogen-bond acceptors (Lipinski definition) is 3. The van der Waals surface area contributed by atoms with Crippen LogP contribution in [0.15, 0.2) is 12.4 Å². The van der Waals surface area contributed by atoms with Crippen LogP contribution in [-0.4, -0.2) is 27.4 Å². The van der Waals surface area contributed by atoms with Gasteiger partial charge in [-0.25, -0.2) is 0 Å². The van der Waals surface area contributed by atoms with Crippen LogP contribution in [0.1, 0.15) is 32.6 Å². The van der Waals surface area contributed by atoms with E-state index in [1.807, 2.05) is 6.92 Å². The Labute approximate surface area is 132 Å². The van der Waals surface area contributed by atoms with Gasteiger partial charge in [0.15, 0.2) is 0 Å². The first kappa shape index (κ1) is 18.8. The van der Waals surface area contributed by atoms with Gasteiger partial charge in [-0.1, -0.05) is 12.8 Å². The summed E-state index contributed by atoms with van der Waals surface area (Å²) in [5, 5.41) is 6.19. The van der Waals surface area contributed by atoms with Crippen molar-refractivity contribution in [3.63, 3.8) is 0 Å². The van der Waals surface area contributed by atoms with Gasteiger partial charge in [0, 0.05) is 11.7 Å². The number of carbonyl (C=O) groups is 1. The Hall–Kier alpha value is -1.28. The quantitative estimate of drug-likeness (QED) is 0.888. The maximum Gasteiger partial charge on any atom is 0.408 e. The number of nitrogens with zero attached hydrogens (tertiary/aromatic N) is 2. The summed E-state index contributed by atoms with van der Waals surface area (Å²) in [6.45, 7) is 0.657. The van der Waals surface area contributed by atoms with Crippen molar-refractivity contribution in [3.05, 3.63) is 12.4 Å². The number of rotatable bonds is 3. The molecular weight excluding hydrogens is 321 g/mol. The van der Waals surface area contributed by atoms with Crippen molar-refractivity contribution >= 4 is 24.0 Å². The van der Waals surface area contributed by atoms with Gasteiger partial charge in [0.2, 0.25) is 5.91 Å². The molecule has 1 saturated carbocycles. The molecule has 0 radical (unpaired) electrons. The maximum atomic E-state index is 12.2. The molecule has 2 atom stereocenters. The van der Waals surface area contributed by atoms with Gasteiger partial charge in [-0.2, -0.15) is 18.3 Å². The van der Waals surface area contributed by atoms with E-state index < -0.39 is 18.3 Å². The third-order valence-electron chi connectivity index (χ3n) is 3.81. The minimum Gasteiger partial charge on any atom is -0.325 e. The van der Waals surface area contributed by atoms with Gasteiger partial charge in [0.25, 0.3) is 0 Å². The maximum absolute atomic E-state index is 12.2. The van der Waals surface area contributed by atoms with Gasteiger partial charge in [-0.05, 0) is 19.8 Å². The Morgan fingerprint density at radius 3 is 2.82 bits per heavy atom. The number of nitrogens with one attached hydrogen (secondary N) is 1. The number of halogens is 4. The molecule has 1 aromatic heterocycles. The van der Waals surface area contributed by atoms with E-state index in [1.165, 1.54) is 12.4 Å². The summed E-state index contributed by atoms with van der Waals surface area (Å²) in [6, 6.07) is 0. The van der Waals surface area contributed by atoms with E-state index in [0.717, 1.165) is 23.9 Å². The summed E-state index contributed by atoms with van der Waals surface area (Å²) in [5.41, 5.74) is 5.81. The molecule has 1 fully saturated rings. The number of anilines is 1. The predicted molar refractivity (Wildman–Crippen MR) is 78.7 cm³/mol. The Bertz CT molecular complexity index is 516. The third-order valence-corrected chi connectivity index (χ3v) is 3.81. The van der Waals surface area contributed by atoms with Crippen LogP contribution >= 0.6 is 12.4 Å². The van der Waals surface area contributed by atoms with Crippen LogP contribution in [0.3, 0.4) is 0 Å². The largest absolute Gasteiger partial charge is 0.408 e. The van der Waals surface area contributed by atoms with E-state index in [1.54, 1.807) is 0 Å². The molecule has 2 rings (SSSR count). The number of aromatic nitrogens is 2. The second kappa shape index (κ2) is 6.87. The number of carbonyl (C=O) groups excluding carboxylic acids is 1. The monoisotopic (exact) mass is 340 g/mol. The molecule has 1 aromatic rings. The van der Waals surface area contributed by atoms with Crippen molar-refractivity contribution in [1.82, 2.24) is 9.78 Å². The molecule has 0 bridgehead atoms. The Kier molecular flexibility index (Phi) is 5.86. The Morgan fingerprint density at radius 1 is 1.55 bits per heavy atom. The molecule has 0 aromatic carbocycles. The van der Waals surface area contributed by atoms with Gasteiger partial charge in [0.1, 0.15) is 6.54 Å². The molecule has 0 spiro atoms. The molecule has 1 amide bonds. The van der Waals surface area contributed by atoms with E-state index in [9.17, 15) is 18.0 Å². The average Bonchev–Trinajstić information content (AvgIpc) is 2.73. The summed E-state index contributed by atoms with van der Waals surface area (Å²) in [7, 11) is 0. The Balaban J connectivity index is 0.00000242. The lowest BCUT2D eigenvalue weighted by Crippen LogP contribution is -2.51. The highest BCUT2D eigenvalue weighted by molar-refractivity contribution is 5.93. The van der Waals surface area contributed by atoms with Crippen LogP contribution in [0.2, 0.25) is 0 Å². The van der Waals surface area contributed by atoms with E-state index in [4.69, 9.17) is 5.73 Å². The van der Waals surface area contributed by atoms with Crippen molar-refractivity contribution in [3.8, 4) is 0 Å². The zero-order chi connectivity index (χ0) is 15.7. The van der Waals surface area contributed by atoms with Crippen LogP contribution in [0.5, 0.6) is 0 Å². The topological polar surface area (TPSA) is 72.9 Å². The molecular formula is C13H20ClF3N4O. The number of hydrogen-bond donors (Lipinski definition) is 2. The molecule has 3 N–H and O–H groups in total. The van der Waals surface area contributed by atoms with Crippen LogP contribution < -0.4 is 11.1 Å². The number of nitrogens with two attached hydrogens (primary N) is 1. The second-order valence-corrected chi connectivity index (χ2v) is 5.84. The number of amides is 1. The molecule has 5 nitrogen and oxygen atoms in total. The smallest absolute Gasteiger partial charge is 0.325 e. The zero-order valence-electron chi connectivity index (χ0n) is 12.2. The first-order valence-electron chi connectivity index (χ1n) is 6.86. The average molecular weight is 341 g/mol. The first-order valence-corrected chi connectivity index (χ1v) is 6.86. The van der Waals surface area contributed by atoms with Crippen molar-refractivity contribution < 1.29 is 18.0 Å². The fourth-order valence-electron chi connectivity index (χ4n) is 2.72. The third kappa shape index (κ3) is 4.88. The van der Waals surface area contributed by atoms with E-state index in [2.05, 4.69) is 10.4 Å². The molecule has 0 saturated heterocycles. The van der Waals surface area contributed by atoms with Crippen molar-refractivity contribution in [2.24, 2.45) is 11.7 Å². The highest BCUT2D eigenvalue weighted by Crippen LogP contribution is 2.32. The summed E-state index contributed by atoms with van der Waals surface area (Å²) in [4.78, 5) is 12.2. The van der Waals surface area contributed by atoms with Crippen molar-refractivity contribution in [2.45, 2.75) is 50.9 Å². The summed E-state index contributed by atoms with van der Waals surface area (Å²) in [6.07, 6.45) is 1.40. The molecule has 126 valence electrons. The summed E-state index contributed by atoms with van der Waals surface area (Å²) < 4.78 is 37.5. The lowest BCUT2D eigenvalue weighted by Gasteiger charge is -2.37. The molecule has 0 aliphatic heterocycles. The Morgan fingerprint density at radius 2 is 2.23 bits per heavy atom. The number of alkyl halides is 3. The second-order valence-electron chi connectivity index (χ2n) is 5.84. The lowest BCUT2D eigenvalue weighted by atomic mass is 9.74. The fraction of sp³-hybridized carbons (Fsp3) is 0.692. The normalized spacial score (nSPS) is 25.4. The SMILES string of the molecule is CC1(N)CCCCC1C(=O)Nc1cnn(CC(F)(F)F)c1.Cl. The van der Waals surface area contributed by atoms with Gasteiger partial charge in [-0.15, -0.1) is 12.4 Å². The molecule has 2 unspecified atom stereocenters. The molecule has 1 aliphatic carbocycles. The molecule has 1 aliphatic rings. The van der Waals surface area contributed by atoms with Crippen molar-refractivity contribution in [1.29, 1.82) is 0 Å². The van der Waals surface area contributed by atoms with Crippen LogP contribution in [0.25, 0.3) is 0 Å². The van der Waals surface area contributed by atoms with Gasteiger partial charge in [0.05, 0.1) is 17.8 Å². The van der Waals surface area contributed by atoms with Crippen LogP contribution in [0, 0.1) is 5.92 Å². The van der Waals surface area contributed by atoms with E-state index in [0.29, 0.717) is 6.42 Å². The predicted octanol–water partition coefficient (Wildman–Crippen LogP) is 2.71. The minimum absolute atomic E-state index is 0. The summed E-state index contributed by atoms with van der Waals surface area (Å²) >= 11 is 0. The zero-order valence-corrected chi connectivity index (χ0v) is 13.0. The van der Waals surface area contributed by atoms with Gasteiger partial charge in [-0.3, -0.25) is 9.48 Å². The first-order chi connectivity index (χ1) is 9.67. The minimum atomic E-state index is -4.34.